The Morgan fingerprint density at radius 2 is 1.88 bits per heavy atom. The molecule has 1 heterocycles. The Labute approximate surface area is 148 Å². The van der Waals surface area contributed by atoms with E-state index >= 15 is 0 Å². The maximum Gasteiger partial charge on any atom is 0.243 e. The van der Waals surface area contributed by atoms with Gasteiger partial charge in [-0.25, -0.2) is 8.42 Å². The summed E-state index contributed by atoms with van der Waals surface area (Å²) in [5, 5.41) is 0.458. The van der Waals surface area contributed by atoms with Crippen molar-refractivity contribution in [3.05, 3.63) is 64.2 Å². The lowest BCUT2D eigenvalue weighted by Crippen LogP contribution is -2.42. The second-order valence-corrected chi connectivity index (χ2v) is 8.34. The predicted octanol–water partition coefficient (Wildman–Crippen LogP) is 3.72. The highest BCUT2D eigenvalue weighted by atomic mass is 35.5. The summed E-state index contributed by atoms with van der Waals surface area (Å²) in [6.07, 6.45) is -0.254. The Bertz CT molecular complexity index is 851. The molecule has 6 heteroatoms. The molecule has 0 bridgehead atoms. The van der Waals surface area contributed by atoms with Crippen LogP contribution in [0.4, 0.5) is 0 Å². The van der Waals surface area contributed by atoms with Crippen molar-refractivity contribution in [1.82, 2.24) is 4.31 Å². The zero-order chi connectivity index (χ0) is 17.3. The van der Waals surface area contributed by atoms with E-state index in [1.54, 1.807) is 12.1 Å². The average Bonchev–Trinajstić information content (AvgIpc) is 2.58. The Hall–Kier alpha value is -1.40. The molecule has 0 saturated carbocycles. The fourth-order valence-electron chi connectivity index (χ4n) is 2.86. The van der Waals surface area contributed by atoms with E-state index in [2.05, 4.69) is 0 Å². The van der Waals surface area contributed by atoms with Crippen LogP contribution < -0.4 is 0 Å². The largest absolute Gasteiger partial charge is 0.371 e. The van der Waals surface area contributed by atoms with Gasteiger partial charge in [-0.3, -0.25) is 0 Å². The molecule has 3 rings (SSSR count). The zero-order valence-corrected chi connectivity index (χ0v) is 15.3. The van der Waals surface area contributed by atoms with E-state index in [0.29, 0.717) is 24.7 Å². The third kappa shape index (κ3) is 3.35. The van der Waals surface area contributed by atoms with Crippen LogP contribution in [0.25, 0.3) is 0 Å². The Morgan fingerprint density at radius 1 is 1.12 bits per heavy atom. The van der Waals surface area contributed by atoms with Crippen LogP contribution in [0, 0.1) is 13.8 Å². The summed E-state index contributed by atoms with van der Waals surface area (Å²) in [7, 11) is -3.59. The fraction of sp³-hybridized carbons (Fsp3) is 0.333. The van der Waals surface area contributed by atoms with E-state index in [1.807, 2.05) is 38.1 Å². The number of sulfonamides is 1. The molecule has 1 aliphatic heterocycles. The smallest absolute Gasteiger partial charge is 0.243 e. The SMILES string of the molecule is Cc1ccc(S(=O)(=O)N2CCOC(c3ccccc3C)C2)cc1Cl. The van der Waals surface area contributed by atoms with Gasteiger partial charge in [0.2, 0.25) is 10.0 Å². The minimum atomic E-state index is -3.59. The number of hydrogen-bond donors (Lipinski definition) is 0. The number of morpholine rings is 1. The van der Waals surface area contributed by atoms with Crippen molar-refractivity contribution >= 4 is 21.6 Å². The third-order valence-electron chi connectivity index (χ3n) is 4.35. The topological polar surface area (TPSA) is 46.6 Å². The van der Waals surface area contributed by atoms with Crippen LogP contribution in [0.3, 0.4) is 0 Å². The third-order valence-corrected chi connectivity index (χ3v) is 6.61. The van der Waals surface area contributed by atoms with Crippen molar-refractivity contribution in [2.75, 3.05) is 19.7 Å². The second-order valence-electron chi connectivity index (χ2n) is 5.99. The van der Waals surface area contributed by atoms with Crippen molar-refractivity contribution < 1.29 is 13.2 Å². The van der Waals surface area contributed by atoms with Gasteiger partial charge < -0.3 is 4.74 Å². The quantitative estimate of drug-likeness (QED) is 0.832. The highest BCUT2D eigenvalue weighted by molar-refractivity contribution is 7.89. The summed E-state index contributed by atoms with van der Waals surface area (Å²) < 4.78 is 33.1. The van der Waals surface area contributed by atoms with Crippen LogP contribution in [0.5, 0.6) is 0 Å². The first kappa shape index (κ1) is 17.4. The molecule has 2 aromatic carbocycles. The van der Waals surface area contributed by atoms with Crippen molar-refractivity contribution in [3.8, 4) is 0 Å². The summed E-state index contributed by atoms with van der Waals surface area (Å²) in [6.45, 7) is 4.88. The molecule has 0 radical (unpaired) electrons. The molecule has 0 spiro atoms. The van der Waals surface area contributed by atoms with Crippen LogP contribution in [0.2, 0.25) is 5.02 Å². The van der Waals surface area contributed by atoms with E-state index < -0.39 is 10.0 Å². The summed E-state index contributed by atoms with van der Waals surface area (Å²) in [5.41, 5.74) is 2.98. The second kappa shape index (κ2) is 6.84. The molecule has 4 nitrogen and oxygen atoms in total. The molecule has 0 aliphatic carbocycles. The van der Waals surface area contributed by atoms with Crippen LogP contribution in [-0.4, -0.2) is 32.4 Å². The van der Waals surface area contributed by atoms with Crippen LogP contribution in [0.15, 0.2) is 47.4 Å². The number of halogens is 1. The van der Waals surface area contributed by atoms with Crippen molar-refractivity contribution in [2.24, 2.45) is 0 Å². The molecule has 1 atom stereocenters. The van der Waals surface area contributed by atoms with Crippen molar-refractivity contribution in [1.29, 1.82) is 0 Å². The Morgan fingerprint density at radius 3 is 2.58 bits per heavy atom. The predicted molar refractivity (Wildman–Crippen MR) is 94.8 cm³/mol. The van der Waals surface area contributed by atoms with Gasteiger partial charge in [0.1, 0.15) is 0 Å². The van der Waals surface area contributed by atoms with Gasteiger partial charge in [0.15, 0.2) is 0 Å². The molecule has 24 heavy (non-hydrogen) atoms. The number of hydrogen-bond acceptors (Lipinski definition) is 3. The highest BCUT2D eigenvalue weighted by Gasteiger charge is 2.32. The van der Waals surface area contributed by atoms with E-state index in [1.165, 1.54) is 10.4 Å². The summed E-state index contributed by atoms with van der Waals surface area (Å²) in [5.74, 6) is 0. The van der Waals surface area contributed by atoms with Crippen molar-refractivity contribution in [3.63, 3.8) is 0 Å². The summed E-state index contributed by atoms with van der Waals surface area (Å²) in [4.78, 5) is 0.225. The van der Waals surface area contributed by atoms with Crippen LogP contribution in [0.1, 0.15) is 22.8 Å². The van der Waals surface area contributed by atoms with Gasteiger partial charge in [-0.2, -0.15) is 4.31 Å². The lowest BCUT2D eigenvalue weighted by atomic mass is 10.0. The first-order chi connectivity index (χ1) is 11.4. The van der Waals surface area contributed by atoms with Gasteiger partial charge in [-0.05, 0) is 42.7 Å². The maximum atomic E-state index is 12.9. The number of nitrogens with zero attached hydrogens (tertiary/aromatic N) is 1. The van der Waals surface area contributed by atoms with Gasteiger partial charge in [0.25, 0.3) is 0 Å². The Balaban J connectivity index is 1.88. The van der Waals surface area contributed by atoms with Gasteiger partial charge in [0, 0.05) is 18.1 Å². The first-order valence-electron chi connectivity index (χ1n) is 7.83. The van der Waals surface area contributed by atoms with Gasteiger partial charge in [-0.1, -0.05) is 41.9 Å². The number of benzene rings is 2. The molecule has 2 aromatic rings. The molecule has 128 valence electrons. The van der Waals surface area contributed by atoms with E-state index in [0.717, 1.165) is 16.7 Å². The monoisotopic (exact) mass is 365 g/mol. The van der Waals surface area contributed by atoms with Gasteiger partial charge >= 0.3 is 0 Å². The van der Waals surface area contributed by atoms with E-state index in [4.69, 9.17) is 16.3 Å². The summed E-state index contributed by atoms with van der Waals surface area (Å²) >= 11 is 6.10. The lowest BCUT2D eigenvalue weighted by molar-refractivity contribution is -0.00288. The average molecular weight is 366 g/mol. The molecule has 1 fully saturated rings. The minimum Gasteiger partial charge on any atom is -0.371 e. The fourth-order valence-corrected chi connectivity index (χ4v) is 4.56. The molecule has 1 unspecified atom stereocenters. The molecule has 0 N–H and O–H groups in total. The normalized spacial score (nSPS) is 19.4. The standard InChI is InChI=1S/C18H20ClNO3S/c1-13-5-3-4-6-16(13)18-12-20(9-10-23-18)24(21,22)15-8-7-14(2)17(19)11-15/h3-8,11,18H,9-10,12H2,1-2H3. The highest BCUT2D eigenvalue weighted by Crippen LogP contribution is 2.29. The zero-order valence-electron chi connectivity index (χ0n) is 13.7. The molecule has 0 amide bonds. The lowest BCUT2D eigenvalue weighted by Gasteiger charge is -2.33. The molecule has 1 saturated heterocycles. The van der Waals surface area contributed by atoms with Gasteiger partial charge in [0.05, 0.1) is 17.6 Å². The Kier molecular flexibility index (Phi) is 4.97. The van der Waals surface area contributed by atoms with E-state index in [9.17, 15) is 8.42 Å². The number of rotatable bonds is 3. The number of aryl methyl sites for hydroxylation is 2. The number of ether oxygens (including phenoxy) is 1. The summed E-state index contributed by atoms with van der Waals surface area (Å²) in [6, 6.07) is 12.8. The molecule has 1 aliphatic rings. The maximum absolute atomic E-state index is 12.9. The molecular weight excluding hydrogens is 346 g/mol. The molecular formula is C18H20ClNO3S. The van der Waals surface area contributed by atoms with Crippen LogP contribution >= 0.6 is 11.6 Å². The van der Waals surface area contributed by atoms with Crippen LogP contribution in [-0.2, 0) is 14.8 Å². The van der Waals surface area contributed by atoms with E-state index in [-0.39, 0.29) is 11.0 Å². The minimum absolute atomic E-state index is 0.225. The van der Waals surface area contributed by atoms with Crippen molar-refractivity contribution in [2.45, 2.75) is 24.8 Å². The first-order valence-corrected chi connectivity index (χ1v) is 9.65. The van der Waals surface area contributed by atoms with Gasteiger partial charge in [-0.15, -0.1) is 0 Å². The molecule has 0 aromatic heterocycles.